The topological polar surface area (TPSA) is 56.5 Å². The Labute approximate surface area is 124 Å². The molecule has 1 fully saturated rings. The summed E-state index contributed by atoms with van der Waals surface area (Å²) in [5.41, 5.74) is 7.01. The molecule has 1 aliphatic heterocycles. The Morgan fingerprint density at radius 3 is 2.75 bits per heavy atom. The molecule has 5 heteroatoms. The monoisotopic (exact) mass is 296 g/mol. The maximum absolute atomic E-state index is 6.29. The average molecular weight is 297 g/mol. The summed E-state index contributed by atoms with van der Waals surface area (Å²) in [6.45, 7) is 1.66. The van der Waals surface area contributed by atoms with E-state index in [1.54, 1.807) is 0 Å². The van der Waals surface area contributed by atoms with Gasteiger partial charge in [0.05, 0.1) is 5.02 Å². The summed E-state index contributed by atoms with van der Waals surface area (Å²) < 4.78 is 11.2. The first-order valence-electron chi connectivity index (χ1n) is 7.33. The number of hydrogen-bond donors (Lipinski definition) is 2. The molecule has 2 aliphatic rings. The Kier molecular flexibility index (Phi) is 4.34. The minimum atomic E-state index is 0.117. The van der Waals surface area contributed by atoms with E-state index >= 15 is 0 Å². The highest BCUT2D eigenvalue weighted by atomic mass is 35.5. The summed E-state index contributed by atoms with van der Waals surface area (Å²) in [4.78, 5) is 0. The van der Waals surface area contributed by atoms with E-state index in [0.717, 1.165) is 11.3 Å². The van der Waals surface area contributed by atoms with Crippen molar-refractivity contribution in [1.29, 1.82) is 0 Å². The fourth-order valence-corrected chi connectivity index (χ4v) is 3.28. The summed E-state index contributed by atoms with van der Waals surface area (Å²) in [5, 5.41) is 4.24. The highest BCUT2D eigenvalue weighted by molar-refractivity contribution is 6.32. The second-order valence-electron chi connectivity index (χ2n) is 5.46. The molecular formula is C15H21ClN2O2. The molecule has 0 amide bonds. The standard InChI is InChI=1S/C15H21ClN2O2/c16-12-7-10(8-14-15(12)20-6-5-19-14)13(9-17)18-11-3-1-2-4-11/h7-8,11,13,18H,1-6,9,17H2. The van der Waals surface area contributed by atoms with E-state index in [9.17, 15) is 0 Å². The fourth-order valence-electron chi connectivity index (χ4n) is 3.01. The van der Waals surface area contributed by atoms with Gasteiger partial charge in [-0.1, -0.05) is 24.4 Å². The number of hydrogen-bond acceptors (Lipinski definition) is 4. The SMILES string of the molecule is NCC(NC1CCCC1)c1cc(Cl)c2c(c1)OCCO2. The van der Waals surface area contributed by atoms with Crippen LogP contribution < -0.4 is 20.5 Å². The molecule has 3 rings (SSSR count). The maximum Gasteiger partial charge on any atom is 0.179 e. The zero-order chi connectivity index (χ0) is 13.9. The van der Waals surface area contributed by atoms with Crippen LogP contribution >= 0.6 is 11.6 Å². The Morgan fingerprint density at radius 2 is 2.00 bits per heavy atom. The van der Waals surface area contributed by atoms with Crippen LogP contribution in [0.5, 0.6) is 11.5 Å². The summed E-state index contributed by atoms with van der Waals surface area (Å²) in [6.07, 6.45) is 5.07. The van der Waals surface area contributed by atoms with Crippen molar-refractivity contribution in [3.8, 4) is 11.5 Å². The molecule has 0 aromatic heterocycles. The molecule has 1 aromatic rings. The molecule has 0 saturated heterocycles. The number of ether oxygens (including phenoxy) is 2. The number of benzene rings is 1. The number of fused-ring (bicyclic) bond motifs is 1. The van der Waals surface area contributed by atoms with Crippen LogP contribution in [0.2, 0.25) is 5.02 Å². The average Bonchev–Trinajstić information content (AvgIpc) is 2.97. The van der Waals surface area contributed by atoms with Gasteiger partial charge >= 0.3 is 0 Å². The van der Waals surface area contributed by atoms with Crippen molar-refractivity contribution >= 4 is 11.6 Å². The van der Waals surface area contributed by atoms with Crippen molar-refractivity contribution in [1.82, 2.24) is 5.32 Å². The molecule has 0 bridgehead atoms. The third kappa shape index (κ3) is 2.87. The van der Waals surface area contributed by atoms with Crippen molar-refractivity contribution in [2.45, 2.75) is 37.8 Å². The smallest absolute Gasteiger partial charge is 0.179 e. The lowest BCUT2D eigenvalue weighted by Crippen LogP contribution is -2.35. The van der Waals surface area contributed by atoms with Crippen molar-refractivity contribution in [3.05, 3.63) is 22.7 Å². The van der Waals surface area contributed by atoms with Gasteiger partial charge in [-0.3, -0.25) is 0 Å². The van der Waals surface area contributed by atoms with Gasteiger partial charge in [-0.05, 0) is 30.5 Å². The molecule has 1 heterocycles. The number of nitrogens with one attached hydrogen (secondary N) is 1. The molecule has 1 aliphatic carbocycles. The largest absolute Gasteiger partial charge is 0.486 e. The van der Waals surface area contributed by atoms with Crippen LogP contribution in [0.1, 0.15) is 37.3 Å². The van der Waals surface area contributed by atoms with Gasteiger partial charge in [0.15, 0.2) is 11.5 Å². The molecule has 3 N–H and O–H groups in total. The van der Waals surface area contributed by atoms with Gasteiger partial charge in [-0.25, -0.2) is 0 Å². The molecule has 0 radical (unpaired) electrons. The molecule has 1 aromatic carbocycles. The van der Waals surface area contributed by atoms with Crippen LogP contribution in [0.25, 0.3) is 0 Å². The Hall–Kier alpha value is -0.970. The minimum Gasteiger partial charge on any atom is -0.486 e. The predicted molar refractivity (Wildman–Crippen MR) is 79.6 cm³/mol. The Morgan fingerprint density at radius 1 is 1.25 bits per heavy atom. The van der Waals surface area contributed by atoms with Gasteiger partial charge in [0, 0.05) is 18.6 Å². The van der Waals surface area contributed by atoms with Crippen LogP contribution in [-0.2, 0) is 0 Å². The van der Waals surface area contributed by atoms with Crippen LogP contribution in [0.3, 0.4) is 0 Å². The summed E-state index contributed by atoms with van der Waals surface area (Å²) >= 11 is 6.29. The Balaban J connectivity index is 1.81. The van der Waals surface area contributed by atoms with E-state index in [1.165, 1.54) is 25.7 Å². The van der Waals surface area contributed by atoms with Crippen LogP contribution in [-0.4, -0.2) is 25.8 Å². The lowest BCUT2D eigenvalue weighted by atomic mass is 10.0. The summed E-state index contributed by atoms with van der Waals surface area (Å²) in [5.74, 6) is 1.38. The lowest BCUT2D eigenvalue weighted by Gasteiger charge is -2.25. The lowest BCUT2D eigenvalue weighted by molar-refractivity contribution is 0.171. The quantitative estimate of drug-likeness (QED) is 0.897. The zero-order valence-corrected chi connectivity index (χ0v) is 12.3. The first-order chi connectivity index (χ1) is 9.78. The first kappa shape index (κ1) is 14.0. The highest BCUT2D eigenvalue weighted by Gasteiger charge is 2.23. The van der Waals surface area contributed by atoms with E-state index in [1.807, 2.05) is 12.1 Å². The van der Waals surface area contributed by atoms with Crippen LogP contribution in [0.4, 0.5) is 0 Å². The third-order valence-electron chi connectivity index (χ3n) is 4.05. The van der Waals surface area contributed by atoms with Crippen molar-refractivity contribution in [2.75, 3.05) is 19.8 Å². The van der Waals surface area contributed by atoms with E-state index in [2.05, 4.69) is 5.32 Å². The van der Waals surface area contributed by atoms with Gasteiger partial charge in [0.25, 0.3) is 0 Å². The summed E-state index contributed by atoms with van der Waals surface area (Å²) in [6, 6.07) is 4.62. The molecule has 110 valence electrons. The molecular weight excluding hydrogens is 276 g/mol. The molecule has 4 nitrogen and oxygen atoms in total. The van der Waals surface area contributed by atoms with E-state index in [4.69, 9.17) is 26.8 Å². The molecule has 0 spiro atoms. The normalized spacial score (nSPS) is 20.1. The second-order valence-corrected chi connectivity index (χ2v) is 5.87. The maximum atomic E-state index is 6.29. The van der Waals surface area contributed by atoms with E-state index in [0.29, 0.717) is 36.6 Å². The van der Waals surface area contributed by atoms with Gasteiger partial charge in [-0.2, -0.15) is 0 Å². The summed E-state index contributed by atoms with van der Waals surface area (Å²) in [7, 11) is 0. The predicted octanol–water partition coefficient (Wildman–Crippen LogP) is 2.64. The fraction of sp³-hybridized carbons (Fsp3) is 0.600. The van der Waals surface area contributed by atoms with E-state index in [-0.39, 0.29) is 6.04 Å². The third-order valence-corrected chi connectivity index (χ3v) is 4.33. The van der Waals surface area contributed by atoms with E-state index < -0.39 is 0 Å². The van der Waals surface area contributed by atoms with Crippen molar-refractivity contribution in [3.63, 3.8) is 0 Å². The molecule has 20 heavy (non-hydrogen) atoms. The first-order valence-corrected chi connectivity index (χ1v) is 7.71. The molecule has 1 atom stereocenters. The van der Waals surface area contributed by atoms with Crippen LogP contribution in [0.15, 0.2) is 12.1 Å². The molecule has 1 unspecified atom stereocenters. The number of rotatable bonds is 4. The van der Waals surface area contributed by atoms with Gasteiger partial charge in [0.2, 0.25) is 0 Å². The minimum absolute atomic E-state index is 0.117. The highest BCUT2D eigenvalue weighted by Crippen LogP contribution is 2.39. The van der Waals surface area contributed by atoms with Gasteiger partial charge in [0.1, 0.15) is 13.2 Å². The van der Waals surface area contributed by atoms with Crippen molar-refractivity contribution in [2.24, 2.45) is 5.73 Å². The van der Waals surface area contributed by atoms with Gasteiger partial charge in [-0.15, -0.1) is 0 Å². The number of halogens is 1. The second kappa shape index (κ2) is 6.20. The molecule has 1 saturated carbocycles. The van der Waals surface area contributed by atoms with Gasteiger partial charge < -0.3 is 20.5 Å². The Bertz CT molecular complexity index is 475. The van der Waals surface area contributed by atoms with Crippen molar-refractivity contribution < 1.29 is 9.47 Å². The zero-order valence-electron chi connectivity index (χ0n) is 11.5. The van der Waals surface area contributed by atoms with Crippen LogP contribution in [0, 0.1) is 0 Å². The number of nitrogens with two attached hydrogens (primary N) is 1.